The van der Waals surface area contributed by atoms with Crippen molar-refractivity contribution in [3.05, 3.63) is 37.4 Å². The number of aromatic nitrogens is 4. The number of hydrogen-bond acceptors (Lipinski definition) is 7. The van der Waals surface area contributed by atoms with Gasteiger partial charge in [-0.1, -0.05) is 0 Å². The lowest BCUT2D eigenvalue weighted by Gasteiger charge is -2.07. The van der Waals surface area contributed by atoms with E-state index in [1.807, 2.05) is 0 Å². The summed E-state index contributed by atoms with van der Waals surface area (Å²) in [6.07, 6.45) is 7.57. The molecule has 0 fully saturated rings. The van der Waals surface area contributed by atoms with Gasteiger partial charge in [0.2, 0.25) is 0 Å². The number of carbonyl (C=O) groups excluding carboxylic acids is 2. The Morgan fingerprint density at radius 2 is 1.29 bits per heavy atom. The van der Waals surface area contributed by atoms with Crippen molar-refractivity contribution >= 4 is 12.2 Å². The van der Waals surface area contributed by atoms with Crippen molar-refractivity contribution in [3.8, 4) is 0 Å². The molecule has 2 heterocycles. The summed E-state index contributed by atoms with van der Waals surface area (Å²) in [6, 6.07) is 0. The average molecular weight is 294 g/mol. The van der Waals surface area contributed by atoms with Crippen molar-refractivity contribution in [3.63, 3.8) is 0 Å². The molecule has 2 rings (SSSR count). The first-order chi connectivity index (χ1) is 10.3. The maximum absolute atomic E-state index is 11.4. The molecule has 2 aromatic rings. The van der Waals surface area contributed by atoms with Gasteiger partial charge in [-0.25, -0.2) is 28.7 Å². The lowest BCUT2D eigenvalue weighted by molar-refractivity contribution is 0.0462. The van der Waals surface area contributed by atoms with E-state index in [2.05, 4.69) is 9.97 Å². The fourth-order valence-corrected chi connectivity index (χ4v) is 1.36. The van der Waals surface area contributed by atoms with Gasteiger partial charge in [-0.15, -0.1) is 0 Å². The first-order valence-electron chi connectivity index (χ1n) is 6.15. The van der Waals surface area contributed by atoms with Crippen molar-refractivity contribution in [2.45, 2.75) is 0 Å². The van der Waals surface area contributed by atoms with E-state index in [1.54, 1.807) is 0 Å². The van der Waals surface area contributed by atoms with Crippen LogP contribution in [0, 0.1) is 0 Å². The van der Waals surface area contributed by atoms with E-state index in [-0.39, 0.29) is 26.4 Å². The zero-order chi connectivity index (χ0) is 14.9. The fraction of sp³-hybridized carbons (Fsp3) is 0.333. The summed E-state index contributed by atoms with van der Waals surface area (Å²) in [7, 11) is 0. The molecule has 0 radical (unpaired) electrons. The smallest absolute Gasteiger partial charge is 0.419 e. The van der Waals surface area contributed by atoms with Gasteiger partial charge < -0.3 is 14.2 Å². The van der Waals surface area contributed by atoms with Crippen molar-refractivity contribution < 1.29 is 23.8 Å². The molecule has 0 N–H and O–H groups in total. The molecule has 0 spiro atoms. The Morgan fingerprint density at radius 1 is 0.810 bits per heavy atom. The molecule has 0 aliphatic heterocycles. The maximum Gasteiger partial charge on any atom is 0.419 e. The molecule has 0 saturated carbocycles. The second-order valence-corrected chi connectivity index (χ2v) is 3.78. The summed E-state index contributed by atoms with van der Waals surface area (Å²) in [5, 5.41) is 0. The van der Waals surface area contributed by atoms with E-state index in [1.165, 1.54) is 46.6 Å². The zero-order valence-electron chi connectivity index (χ0n) is 11.1. The van der Waals surface area contributed by atoms with Crippen LogP contribution in [0.25, 0.3) is 0 Å². The summed E-state index contributed by atoms with van der Waals surface area (Å²) >= 11 is 0. The molecule has 9 nitrogen and oxygen atoms in total. The first-order valence-corrected chi connectivity index (χ1v) is 6.15. The molecule has 0 aliphatic carbocycles. The van der Waals surface area contributed by atoms with Gasteiger partial charge >= 0.3 is 12.2 Å². The van der Waals surface area contributed by atoms with Crippen LogP contribution in [0.2, 0.25) is 0 Å². The van der Waals surface area contributed by atoms with Crippen LogP contribution in [-0.4, -0.2) is 57.7 Å². The Hall–Kier alpha value is -2.68. The Bertz CT molecular complexity index is 502. The van der Waals surface area contributed by atoms with Crippen LogP contribution in [-0.2, 0) is 14.2 Å². The van der Waals surface area contributed by atoms with Gasteiger partial charge in [0.15, 0.2) is 0 Å². The number of carbonyl (C=O) groups is 2. The van der Waals surface area contributed by atoms with Gasteiger partial charge in [-0.3, -0.25) is 0 Å². The zero-order valence-corrected chi connectivity index (χ0v) is 11.1. The van der Waals surface area contributed by atoms with Crippen LogP contribution in [0.3, 0.4) is 0 Å². The maximum atomic E-state index is 11.4. The fourth-order valence-electron chi connectivity index (χ4n) is 1.36. The van der Waals surface area contributed by atoms with Crippen molar-refractivity contribution in [2.24, 2.45) is 0 Å². The van der Waals surface area contributed by atoms with Crippen molar-refractivity contribution in [1.82, 2.24) is 19.1 Å². The quantitative estimate of drug-likeness (QED) is 0.725. The van der Waals surface area contributed by atoms with E-state index in [9.17, 15) is 9.59 Å². The molecule has 0 saturated heterocycles. The molecule has 0 amide bonds. The van der Waals surface area contributed by atoms with Crippen molar-refractivity contribution in [1.29, 1.82) is 0 Å². The van der Waals surface area contributed by atoms with Crippen LogP contribution in [0.5, 0.6) is 0 Å². The van der Waals surface area contributed by atoms with E-state index < -0.39 is 12.2 Å². The van der Waals surface area contributed by atoms with Crippen molar-refractivity contribution in [2.75, 3.05) is 26.4 Å². The number of imidazole rings is 2. The normalized spacial score (nSPS) is 10.3. The van der Waals surface area contributed by atoms with E-state index in [0.717, 1.165) is 0 Å². The second-order valence-electron chi connectivity index (χ2n) is 3.78. The molecule has 0 bridgehead atoms. The molecule has 21 heavy (non-hydrogen) atoms. The second kappa shape index (κ2) is 7.80. The Morgan fingerprint density at radius 3 is 1.67 bits per heavy atom. The number of nitrogens with zero attached hydrogens (tertiary/aromatic N) is 4. The summed E-state index contributed by atoms with van der Waals surface area (Å²) in [5.41, 5.74) is 0. The lowest BCUT2D eigenvalue weighted by atomic mass is 10.7. The SMILES string of the molecule is O=C(OCCOCCOC(=O)n1ccnc1)n1ccnc1. The van der Waals surface area contributed by atoms with Gasteiger partial charge in [-0.05, 0) is 0 Å². The van der Waals surface area contributed by atoms with E-state index in [0.29, 0.717) is 0 Å². The Kier molecular flexibility index (Phi) is 5.47. The van der Waals surface area contributed by atoms with Gasteiger partial charge in [0.1, 0.15) is 25.9 Å². The predicted octanol–water partition coefficient (Wildman–Crippen LogP) is 0.766. The molecule has 9 heteroatoms. The molecule has 0 unspecified atom stereocenters. The summed E-state index contributed by atoms with van der Waals surface area (Å²) in [4.78, 5) is 30.2. The summed E-state index contributed by atoms with van der Waals surface area (Å²) in [5.74, 6) is 0. The molecule has 0 aromatic carbocycles. The van der Waals surface area contributed by atoms with Crippen LogP contribution >= 0.6 is 0 Å². The predicted molar refractivity (Wildman–Crippen MR) is 68.8 cm³/mol. The minimum Gasteiger partial charge on any atom is -0.446 e. The molecular formula is C12H14N4O5. The number of rotatable bonds is 6. The highest BCUT2D eigenvalue weighted by Crippen LogP contribution is 1.92. The minimum atomic E-state index is -0.525. The number of ether oxygens (including phenoxy) is 3. The molecule has 0 atom stereocenters. The summed E-state index contributed by atoms with van der Waals surface area (Å²) < 4.78 is 17.4. The standard InChI is InChI=1S/C12H14N4O5/c17-11(15-3-1-13-9-15)20-7-5-19-6-8-21-12(18)16-4-2-14-10-16/h1-4,9-10H,5-8H2. The van der Waals surface area contributed by atoms with Gasteiger partial charge in [0.25, 0.3) is 0 Å². The third kappa shape index (κ3) is 4.73. The van der Waals surface area contributed by atoms with Gasteiger partial charge in [0.05, 0.1) is 13.2 Å². The highest BCUT2D eigenvalue weighted by molar-refractivity contribution is 5.70. The van der Waals surface area contributed by atoms with Crippen LogP contribution in [0.4, 0.5) is 9.59 Å². The lowest BCUT2D eigenvalue weighted by Crippen LogP contribution is -2.18. The average Bonchev–Trinajstić information content (AvgIpc) is 3.18. The Balaban J connectivity index is 1.49. The highest BCUT2D eigenvalue weighted by Gasteiger charge is 2.05. The third-order valence-corrected chi connectivity index (χ3v) is 2.34. The van der Waals surface area contributed by atoms with Crippen LogP contribution < -0.4 is 0 Å². The summed E-state index contributed by atoms with van der Waals surface area (Å²) in [6.45, 7) is 0.630. The van der Waals surface area contributed by atoms with Crippen LogP contribution in [0.15, 0.2) is 37.4 Å². The molecule has 0 aliphatic rings. The highest BCUT2D eigenvalue weighted by atomic mass is 16.6. The van der Waals surface area contributed by atoms with E-state index in [4.69, 9.17) is 14.2 Å². The van der Waals surface area contributed by atoms with E-state index >= 15 is 0 Å². The Labute approximate surface area is 120 Å². The van der Waals surface area contributed by atoms with Crippen LogP contribution in [0.1, 0.15) is 0 Å². The van der Waals surface area contributed by atoms with Gasteiger partial charge in [-0.2, -0.15) is 0 Å². The van der Waals surface area contributed by atoms with Gasteiger partial charge in [0, 0.05) is 24.8 Å². The molecule has 2 aromatic heterocycles. The topological polar surface area (TPSA) is 97.5 Å². The molecule has 112 valence electrons. The third-order valence-electron chi connectivity index (χ3n) is 2.34. The largest absolute Gasteiger partial charge is 0.446 e. The first kappa shape index (κ1) is 14.7. The molecular weight excluding hydrogens is 280 g/mol. The monoisotopic (exact) mass is 294 g/mol. The minimum absolute atomic E-state index is 0.104. The number of hydrogen-bond donors (Lipinski definition) is 0.